The normalized spacial score (nSPS) is 19.2. The molecule has 0 spiro atoms. The maximum atomic E-state index is 6.47. The zero-order valence-corrected chi connectivity index (χ0v) is 19.7. The van der Waals surface area contributed by atoms with E-state index in [9.17, 15) is 0 Å². The molecule has 0 bridgehead atoms. The second-order valence-corrected chi connectivity index (χ2v) is 9.64. The van der Waals surface area contributed by atoms with Gasteiger partial charge in [0.2, 0.25) is 12.0 Å². The molecule has 2 aliphatic heterocycles. The third kappa shape index (κ3) is 3.34. The van der Waals surface area contributed by atoms with Crippen LogP contribution in [0.5, 0.6) is 23.0 Å². The molecule has 0 amide bonds. The van der Waals surface area contributed by atoms with Crippen LogP contribution in [-0.4, -0.2) is 32.0 Å². The Morgan fingerprint density at radius 3 is 2.48 bits per heavy atom. The summed E-state index contributed by atoms with van der Waals surface area (Å²) in [6, 6.07) is 16.2. The van der Waals surface area contributed by atoms with Crippen LogP contribution >= 0.6 is 27.3 Å². The average molecular weight is 501 g/mol. The van der Waals surface area contributed by atoms with Crippen molar-refractivity contribution in [3.05, 3.63) is 68.3 Å². The minimum absolute atomic E-state index is 0.0728. The predicted octanol–water partition coefficient (Wildman–Crippen LogP) is 5.78. The summed E-state index contributed by atoms with van der Waals surface area (Å²) in [7, 11) is 4.83. The average Bonchev–Trinajstić information content (AvgIpc) is 3.44. The largest absolute Gasteiger partial charge is 0.493 e. The van der Waals surface area contributed by atoms with Crippen molar-refractivity contribution in [2.45, 2.75) is 18.7 Å². The van der Waals surface area contributed by atoms with Crippen LogP contribution in [-0.2, 0) is 0 Å². The molecule has 0 saturated carbocycles. The molecule has 0 saturated heterocycles. The highest BCUT2D eigenvalue weighted by molar-refractivity contribution is 9.11. The van der Waals surface area contributed by atoms with Crippen molar-refractivity contribution in [2.75, 3.05) is 21.3 Å². The lowest BCUT2D eigenvalue weighted by Crippen LogP contribution is -2.34. The van der Waals surface area contributed by atoms with Gasteiger partial charge in [0.15, 0.2) is 11.5 Å². The summed E-state index contributed by atoms with van der Waals surface area (Å²) in [5.74, 6) is 2.57. The van der Waals surface area contributed by atoms with E-state index in [0.717, 1.165) is 37.7 Å². The van der Waals surface area contributed by atoms with Gasteiger partial charge in [0, 0.05) is 12.0 Å². The third-order valence-electron chi connectivity index (χ3n) is 5.56. The van der Waals surface area contributed by atoms with Crippen molar-refractivity contribution < 1.29 is 18.9 Å². The molecule has 0 fully saturated rings. The topological polar surface area (TPSA) is 52.5 Å². The molecule has 0 radical (unpaired) electrons. The molecule has 2 atom stereocenters. The van der Waals surface area contributed by atoms with Gasteiger partial charge in [-0.3, -0.25) is 0 Å². The summed E-state index contributed by atoms with van der Waals surface area (Å²) in [5.41, 5.74) is 3.01. The van der Waals surface area contributed by atoms with Crippen molar-refractivity contribution in [1.29, 1.82) is 0 Å². The number of thiophene rings is 1. The smallest absolute Gasteiger partial charge is 0.217 e. The van der Waals surface area contributed by atoms with Crippen molar-refractivity contribution in [1.82, 2.24) is 5.01 Å². The Morgan fingerprint density at radius 2 is 1.77 bits per heavy atom. The lowest BCUT2D eigenvalue weighted by Gasteiger charge is -2.38. The van der Waals surface area contributed by atoms with Gasteiger partial charge >= 0.3 is 0 Å². The fourth-order valence-corrected chi connectivity index (χ4v) is 5.56. The molecule has 1 aromatic heterocycles. The minimum Gasteiger partial charge on any atom is -0.493 e. The van der Waals surface area contributed by atoms with E-state index >= 15 is 0 Å². The third-order valence-corrected chi connectivity index (χ3v) is 7.23. The van der Waals surface area contributed by atoms with E-state index in [1.807, 2.05) is 35.3 Å². The zero-order chi connectivity index (χ0) is 21.5. The number of benzene rings is 2. The standard InChI is InChI=1S/C23H21BrN2O4S/c1-27-18-9-8-14(21(28-2)22(18)29-3)23-26-16(13-6-4-5-7-17(13)30-23)12-15(25-26)19-10-11-20(24)31-19/h4-11,16,23H,12H2,1-3H3/t16-,23-/m1/s1. The summed E-state index contributed by atoms with van der Waals surface area (Å²) >= 11 is 5.25. The highest BCUT2D eigenvalue weighted by atomic mass is 79.9. The summed E-state index contributed by atoms with van der Waals surface area (Å²) in [6.07, 6.45) is 0.343. The van der Waals surface area contributed by atoms with E-state index in [1.54, 1.807) is 32.7 Å². The Hall–Kier alpha value is -2.71. The number of ether oxygens (including phenoxy) is 4. The Bertz CT molecular complexity index is 1160. The van der Waals surface area contributed by atoms with Gasteiger partial charge in [0.05, 0.1) is 47.3 Å². The van der Waals surface area contributed by atoms with Crippen molar-refractivity contribution in [3.63, 3.8) is 0 Å². The fraction of sp³-hybridized carbons (Fsp3) is 0.261. The molecular weight excluding hydrogens is 480 g/mol. The lowest BCUT2D eigenvalue weighted by molar-refractivity contribution is -0.0205. The Labute approximate surface area is 193 Å². The van der Waals surface area contributed by atoms with Crippen LogP contribution in [0.3, 0.4) is 0 Å². The van der Waals surface area contributed by atoms with Gasteiger partial charge in [-0.15, -0.1) is 11.3 Å². The molecule has 5 rings (SSSR count). The molecule has 6 nitrogen and oxygen atoms in total. The highest BCUT2D eigenvalue weighted by Gasteiger charge is 2.42. The molecule has 8 heteroatoms. The second-order valence-electron chi connectivity index (χ2n) is 7.18. The number of rotatable bonds is 5. The predicted molar refractivity (Wildman–Crippen MR) is 124 cm³/mol. The first-order chi connectivity index (χ1) is 15.1. The van der Waals surface area contributed by atoms with Crippen LogP contribution in [0.2, 0.25) is 0 Å². The van der Waals surface area contributed by atoms with E-state index in [-0.39, 0.29) is 6.04 Å². The Morgan fingerprint density at radius 1 is 0.968 bits per heavy atom. The SMILES string of the molecule is COc1ccc([C@H]2Oc3ccccc3[C@H]3CC(c4ccc(Br)s4)=NN32)c(OC)c1OC. The van der Waals surface area contributed by atoms with Gasteiger partial charge in [0.1, 0.15) is 5.75 Å². The van der Waals surface area contributed by atoms with Gasteiger partial charge in [-0.25, -0.2) is 5.01 Å². The molecule has 2 aliphatic rings. The van der Waals surface area contributed by atoms with Gasteiger partial charge < -0.3 is 18.9 Å². The molecule has 3 heterocycles. The first-order valence-corrected chi connectivity index (χ1v) is 11.4. The number of fused-ring (bicyclic) bond motifs is 3. The van der Waals surface area contributed by atoms with Crippen molar-refractivity contribution >= 4 is 33.0 Å². The molecule has 0 N–H and O–H groups in total. The number of hydrazone groups is 1. The highest BCUT2D eigenvalue weighted by Crippen LogP contribution is 2.51. The van der Waals surface area contributed by atoms with E-state index < -0.39 is 6.23 Å². The number of nitrogens with zero attached hydrogens (tertiary/aromatic N) is 2. The zero-order valence-electron chi connectivity index (χ0n) is 17.3. The van der Waals surface area contributed by atoms with E-state index in [4.69, 9.17) is 24.0 Å². The van der Waals surface area contributed by atoms with Crippen molar-refractivity contribution in [2.24, 2.45) is 5.10 Å². The maximum absolute atomic E-state index is 6.47. The lowest BCUT2D eigenvalue weighted by atomic mass is 9.97. The van der Waals surface area contributed by atoms with Crippen LogP contribution in [0.1, 0.15) is 34.7 Å². The Balaban J connectivity index is 1.64. The van der Waals surface area contributed by atoms with Gasteiger partial charge in [-0.1, -0.05) is 18.2 Å². The summed E-state index contributed by atoms with van der Waals surface area (Å²) in [5, 5.41) is 7.05. The van der Waals surface area contributed by atoms with E-state index in [1.165, 1.54) is 0 Å². The second kappa shape index (κ2) is 8.09. The van der Waals surface area contributed by atoms with E-state index in [0.29, 0.717) is 17.2 Å². The number of methoxy groups -OCH3 is 3. The van der Waals surface area contributed by atoms with Crippen LogP contribution in [0, 0.1) is 0 Å². The van der Waals surface area contributed by atoms with Crippen LogP contribution in [0.25, 0.3) is 0 Å². The molecule has 3 aromatic rings. The van der Waals surface area contributed by atoms with Crippen LogP contribution in [0.15, 0.2) is 57.4 Å². The first-order valence-electron chi connectivity index (χ1n) is 9.80. The van der Waals surface area contributed by atoms with Gasteiger partial charge in [0.25, 0.3) is 0 Å². The fourth-order valence-electron chi connectivity index (χ4n) is 4.18. The number of hydrogen-bond donors (Lipinski definition) is 0. The summed E-state index contributed by atoms with van der Waals surface area (Å²) in [4.78, 5) is 1.15. The molecule has 0 unspecified atom stereocenters. The number of para-hydroxylation sites is 1. The quantitative estimate of drug-likeness (QED) is 0.444. The summed E-state index contributed by atoms with van der Waals surface area (Å²) in [6.45, 7) is 0. The number of halogens is 1. The summed E-state index contributed by atoms with van der Waals surface area (Å²) < 4.78 is 24.4. The molecule has 31 heavy (non-hydrogen) atoms. The minimum atomic E-state index is -0.462. The molecule has 2 aromatic carbocycles. The molecule has 160 valence electrons. The monoisotopic (exact) mass is 500 g/mol. The van der Waals surface area contributed by atoms with Gasteiger partial charge in [-0.05, 0) is 46.3 Å². The van der Waals surface area contributed by atoms with Crippen molar-refractivity contribution in [3.8, 4) is 23.0 Å². The van der Waals surface area contributed by atoms with Gasteiger partial charge in [-0.2, -0.15) is 5.10 Å². The van der Waals surface area contributed by atoms with Crippen LogP contribution in [0.4, 0.5) is 0 Å². The Kier molecular flexibility index (Phi) is 5.27. The number of hydrogen-bond acceptors (Lipinski definition) is 7. The molecular formula is C23H21BrN2O4S. The van der Waals surface area contributed by atoms with Crippen LogP contribution < -0.4 is 18.9 Å². The first kappa shape index (κ1) is 20.2. The molecule has 0 aliphatic carbocycles. The van der Waals surface area contributed by atoms with E-state index in [2.05, 4.69) is 34.1 Å². The maximum Gasteiger partial charge on any atom is 0.217 e.